The molecule has 1 aromatic rings. The zero-order chi connectivity index (χ0) is 19.7. The first-order chi connectivity index (χ1) is 13.0. The number of methoxy groups -OCH3 is 2. The van der Waals surface area contributed by atoms with E-state index in [2.05, 4.69) is 20.5 Å². The molecule has 0 amide bonds. The van der Waals surface area contributed by atoms with Crippen LogP contribution in [0.5, 0.6) is 11.5 Å². The van der Waals surface area contributed by atoms with Crippen molar-refractivity contribution in [2.75, 3.05) is 65.5 Å². The highest BCUT2D eigenvalue weighted by molar-refractivity contribution is 14.0. The normalized spacial score (nSPS) is 16.8. The molecule has 0 unspecified atom stereocenters. The molecular formula is C18H31IN4O4S. The number of halogens is 1. The number of benzene rings is 1. The predicted octanol–water partition coefficient (Wildman–Crippen LogP) is 0.760. The van der Waals surface area contributed by atoms with E-state index in [0.717, 1.165) is 49.1 Å². The predicted molar refractivity (Wildman–Crippen MR) is 123 cm³/mol. The maximum atomic E-state index is 11.4. The summed E-state index contributed by atoms with van der Waals surface area (Å²) in [6.07, 6.45) is 0.824. The van der Waals surface area contributed by atoms with Gasteiger partial charge in [0.15, 0.2) is 27.3 Å². The number of rotatable bonds is 8. The lowest BCUT2D eigenvalue weighted by Crippen LogP contribution is -2.46. The third kappa shape index (κ3) is 8.00. The standard InChI is InChI=1S/C18H30N4O4S.HI/c1-19-18(21-8-9-22-10-12-27(23,24)13-11-22)20-7-6-15-4-5-16(25-2)17(14-15)26-3;/h4-5,14H,6-13H2,1-3H3,(H2,19,20,21);1H. The molecule has 1 aliphatic rings. The Bertz CT molecular complexity index is 729. The number of hydrogen-bond donors (Lipinski definition) is 2. The number of aliphatic imine (C=N–C) groups is 1. The number of nitrogens with zero attached hydrogens (tertiary/aromatic N) is 2. The molecule has 160 valence electrons. The molecule has 28 heavy (non-hydrogen) atoms. The van der Waals surface area contributed by atoms with E-state index in [4.69, 9.17) is 9.47 Å². The molecule has 0 radical (unpaired) electrons. The van der Waals surface area contributed by atoms with Gasteiger partial charge in [0.05, 0.1) is 25.7 Å². The molecule has 0 aliphatic carbocycles. The van der Waals surface area contributed by atoms with Gasteiger partial charge in [0.2, 0.25) is 0 Å². The van der Waals surface area contributed by atoms with Crippen molar-refractivity contribution in [1.29, 1.82) is 0 Å². The smallest absolute Gasteiger partial charge is 0.191 e. The molecule has 1 saturated heterocycles. The molecule has 0 bridgehead atoms. The summed E-state index contributed by atoms with van der Waals surface area (Å²) >= 11 is 0. The zero-order valence-corrected chi connectivity index (χ0v) is 19.9. The van der Waals surface area contributed by atoms with Crippen LogP contribution in [0.1, 0.15) is 5.56 Å². The SMILES string of the molecule is CN=C(NCCc1ccc(OC)c(OC)c1)NCCN1CCS(=O)(=O)CC1.I. The molecular weight excluding hydrogens is 495 g/mol. The van der Waals surface area contributed by atoms with Crippen molar-refractivity contribution >= 4 is 39.8 Å². The van der Waals surface area contributed by atoms with Crippen LogP contribution in [0.3, 0.4) is 0 Å². The highest BCUT2D eigenvalue weighted by Crippen LogP contribution is 2.27. The Balaban J connectivity index is 0.00000392. The minimum absolute atomic E-state index is 0. The first kappa shape index (κ1) is 24.8. The molecule has 10 heteroatoms. The summed E-state index contributed by atoms with van der Waals surface area (Å²) in [6, 6.07) is 5.89. The van der Waals surface area contributed by atoms with Crippen molar-refractivity contribution in [3.63, 3.8) is 0 Å². The number of hydrogen-bond acceptors (Lipinski definition) is 6. The van der Waals surface area contributed by atoms with Crippen LogP contribution >= 0.6 is 24.0 Å². The minimum Gasteiger partial charge on any atom is -0.493 e. The molecule has 0 saturated carbocycles. The highest BCUT2D eigenvalue weighted by atomic mass is 127. The second-order valence-electron chi connectivity index (χ2n) is 6.36. The van der Waals surface area contributed by atoms with E-state index in [1.807, 2.05) is 18.2 Å². The Labute approximate surface area is 185 Å². The van der Waals surface area contributed by atoms with Gasteiger partial charge >= 0.3 is 0 Å². The monoisotopic (exact) mass is 526 g/mol. The van der Waals surface area contributed by atoms with Crippen LogP contribution in [0.25, 0.3) is 0 Å². The number of nitrogens with one attached hydrogen (secondary N) is 2. The fourth-order valence-corrected chi connectivity index (χ4v) is 4.17. The summed E-state index contributed by atoms with van der Waals surface area (Å²) in [6.45, 7) is 3.46. The van der Waals surface area contributed by atoms with E-state index in [-0.39, 0.29) is 35.5 Å². The van der Waals surface area contributed by atoms with Crippen molar-refractivity contribution in [2.24, 2.45) is 4.99 Å². The fraction of sp³-hybridized carbons (Fsp3) is 0.611. The van der Waals surface area contributed by atoms with E-state index in [1.165, 1.54) is 0 Å². The van der Waals surface area contributed by atoms with E-state index in [0.29, 0.717) is 13.1 Å². The van der Waals surface area contributed by atoms with Crippen molar-refractivity contribution in [3.05, 3.63) is 23.8 Å². The number of guanidine groups is 1. The van der Waals surface area contributed by atoms with Gasteiger partial charge in [0.25, 0.3) is 0 Å². The Morgan fingerprint density at radius 3 is 2.36 bits per heavy atom. The molecule has 1 fully saturated rings. The molecule has 0 atom stereocenters. The van der Waals surface area contributed by atoms with Crippen molar-refractivity contribution < 1.29 is 17.9 Å². The average molecular weight is 526 g/mol. The van der Waals surface area contributed by atoms with Gasteiger partial charge in [-0.1, -0.05) is 6.07 Å². The van der Waals surface area contributed by atoms with E-state index < -0.39 is 9.84 Å². The minimum atomic E-state index is -2.82. The molecule has 1 aromatic carbocycles. The Morgan fingerprint density at radius 2 is 1.75 bits per heavy atom. The maximum Gasteiger partial charge on any atom is 0.191 e. The average Bonchev–Trinajstić information content (AvgIpc) is 2.67. The quantitative estimate of drug-likeness (QED) is 0.294. The van der Waals surface area contributed by atoms with Crippen molar-refractivity contribution in [2.45, 2.75) is 6.42 Å². The Morgan fingerprint density at radius 1 is 1.11 bits per heavy atom. The van der Waals surface area contributed by atoms with Crippen molar-refractivity contribution in [1.82, 2.24) is 15.5 Å². The molecule has 8 nitrogen and oxygen atoms in total. The Hall–Kier alpha value is -1.27. The lowest BCUT2D eigenvalue weighted by atomic mass is 10.1. The van der Waals surface area contributed by atoms with Crippen LogP contribution in [0, 0.1) is 0 Å². The summed E-state index contributed by atoms with van der Waals surface area (Å²) < 4.78 is 33.5. The van der Waals surface area contributed by atoms with E-state index >= 15 is 0 Å². The van der Waals surface area contributed by atoms with Crippen LogP contribution < -0.4 is 20.1 Å². The summed E-state index contributed by atoms with van der Waals surface area (Å²) in [7, 11) is 2.16. The third-order valence-electron chi connectivity index (χ3n) is 4.54. The summed E-state index contributed by atoms with van der Waals surface area (Å²) in [5, 5.41) is 6.55. The number of sulfone groups is 1. The van der Waals surface area contributed by atoms with Crippen LogP contribution in [-0.2, 0) is 16.3 Å². The first-order valence-electron chi connectivity index (χ1n) is 9.05. The summed E-state index contributed by atoms with van der Waals surface area (Å²) in [5.41, 5.74) is 1.14. The van der Waals surface area contributed by atoms with Gasteiger partial charge in [-0.3, -0.25) is 9.89 Å². The molecule has 2 rings (SSSR count). The fourth-order valence-electron chi connectivity index (χ4n) is 2.89. The first-order valence-corrected chi connectivity index (χ1v) is 10.9. The molecule has 1 aliphatic heterocycles. The molecule has 0 spiro atoms. The van der Waals surface area contributed by atoms with Gasteiger partial charge in [0.1, 0.15) is 0 Å². The van der Waals surface area contributed by atoms with Gasteiger partial charge < -0.3 is 20.1 Å². The highest BCUT2D eigenvalue weighted by Gasteiger charge is 2.20. The second-order valence-corrected chi connectivity index (χ2v) is 8.66. The second kappa shape index (κ2) is 12.3. The number of ether oxygens (including phenoxy) is 2. The van der Waals surface area contributed by atoms with Crippen LogP contribution in [0.15, 0.2) is 23.2 Å². The van der Waals surface area contributed by atoms with Crippen LogP contribution in [0.2, 0.25) is 0 Å². The van der Waals surface area contributed by atoms with Crippen LogP contribution in [0.4, 0.5) is 0 Å². The zero-order valence-electron chi connectivity index (χ0n) is 16.7. The lowest BCUT2D eigenvalue weighted by molar-refractivity contribution is 0.299. The van der Waals surface area contributed by atoms with Crippen molar-refractivity contribution in [3.8, 4) is 11.5 Å². The molecule has 0 aromatic heterocycles. The van der Waals surface area contributed by atoms with E-state index in [9.17, 15) is 8.42 Å². The summed E-state index contributed by atoms with van der Waals surface area (Å²) in [4.78, 5) is 6.38. The van der Waals surface area contributed by atoms with Gasteiger partial charge in [-0.2, -0.15) is 0 Å². The molecule has 1 heterocycles. The third-order valence-corrected chi connectivity index (χ3v) is 6.14. The van der Waals surface area contributed by atoms with Gasteiger partial charge in [-0.25, -0.2) is 8.42 Å². The van der Waals surface area contributed by atoms with Gasteiger partial charge in [-0.15, -0.1) is 24.0 Å². The maximum absolute atomic E-state index is 11.4. The van der Waals surface area contributed by atoms with Gasteiger partial charge in [-0.05, 0) is 24.1 Å². The Kier molecular flexibility index (Phi) is 10.9. The molecule has 2 N–H and O–H groups in total. The lowest BCUT2D eigenvalue weighted by Gasteiger charge is -2.26. The van der Waals surface area contributed by atoms with E-state index in [1.54, 1.807) is 21.3 Å². The van der Waals surface area contributed by atoms with Gasteiger partial charge in [0, 0.05) is 39.8 Å². The topological polar surface area (TPSA) is 92.3 Å². The van der Waals surface area contributed by atoms with Crippen LogP contribution in [-0.4, -0.2) is 84.8 Å². The largest absolute Gasteiger partial charge is 0.493 e. The summed E-state index contributed by atoms with van der Waals surface area (Å²) in [5.74, 6) is 2.69.